The van der Waals surface area contributed by atoms with E-state index in [1.807, 2.05) is 0 Å². The second-order valence-corrected chi connectivity index (χ2v) is 22.7. The van der Waals surface area contributed by atoms with Gasteiger partial charge in [-0.25, -0.2) is 24.0 Å². The van der Waals surface area contributed by atoms with Crippen LogP contribution in [0.3, 0.4) is 0 Å². The molecule has 0 aliphatic heterocycles. The summed E-state index contributed by atoms with van der Waals surface area (Å²) in [6.07, 6.45) is 13.8. The molecule has 0 radical (unpaired) electrons. The van der Waals surface area contributed by atoms with Crippen molar-refractivity contribution in [3.8, 4) is 40.2 Å². The third-order valence-electron chi connectivity index (χ3n) is 13.4. The van der Waals surface area contributed by atoms with Gasteiger partial charge in [0.2, 0.25) is 0 Å². The van der Waals surface area contributed by atoms with Gasteiger partial charge in [-0.3, -0.25) is 57.5 Å². The van der Waals surface area contributed by atoms with Crippen molar-refractivity contribution >= 4 is 132 Å². The second-order valence-electron chi connectivity index (χ2n) is 22.7. The van der Waals surface area contributed by atoms with Crippen LogP contribution in [0, 0.1) is 0 Å². The van der Waals surface area contributed by atoms with Crippen molar-refractivity contribution in [1.82, 2.24) is 0 Å². The van der Waals surface area contributed by atoms with Gasteiger partial charge in [0.25, 0.3) is 0 Å². The molecule has 11 N–H and O–H groups in total. The Bertz CT molecular complexity index is 4210. The molecule has 35 heteroatoms. The quantitative estimate of drug-likeness (QED) is 0.00748. The molecule has 5 rings (SSSR count). The molecule has 0 heterocycles. The zero-order valence-corrected chi connectivity index (χ0v) is 60.5. The first-order valence-electron chi connectivity index (χ1n) is 33.7. The Morgan fingerprint density at radius 1 is 0.248 bits per heavy atom. The fourth-order valence-electron chi connectivity index (χ4n) is 8.09. The van der Waals surface area contributed by atoms with Gasteiger partial charge in [0.05, 0.1) is 7.11 Å². The van der Waals surface area contributed by atoms with Crippen molar-refractivity contribution in [3.05, 3.63) is 167 Å². The highest BCUT2D eigenvalue weighted by atomic mass is 16.6. The number of aliphatic carboxylic acids is 10. The Hall–Kier alpha value is -14.4. The van der Waals surface area contributed by atoms with E-state index in [-0.39, 0.29) is 138 Å². The molecule has 0 saturated carbocycles. The molecule has 0 unspecified atom stereocenters. The molecule has 0 spiro atoms. The first kappa shape index (κ1) is 96.6. The average Bonchev–Trinajstić information content (AvgIpc) is 0.854. The highest BCUT2D eigenvalue weighted by Gasteiger charge is 2.18. The molecule has 604 valence electrons. The van der Waals surface area contributed by atoms with Crippen LogP contribution in [0.25, 0.3) is 30.4 Å². The summed E-state index contributed by atoms with van der Waals surface area (Å²) in [4.78, 5) is 185. The van der Waals surface area contributed by atoms with Crippen molar-refractivity contribution in [2.75, 3.05) is 7.11 Å². The predicted molar refractivity (Wildman–Crippen MR) is 394 cm³/mol. The van der Waals surface area contributed by atoms with Crippen LogP contribution in [0.4, 0.5) is 0 Å². The van der Waals surface area contributed by atoms with E-state index >= 15 is 0 Å². The number of phenolic OH excluding ortho intramolecular Hbond substituents is 1. The van der Waals surface area contributed by atoms with Crippen molar-refractivity contribution < 1.29 is 171 Å². The van der Waals surface area contributed by atoms with Gasteiger partial charge in [0, 0.05) is 107 Å². The number of methoxy groups -OCH3 is 1. The lowest BCUT2D eigenvalue weighted by molar-refractivity contribution is -0.141. The zero-order chi connectivity index (χ0) is 84.6. The van der Waals surface area contributed by atoms with Crippen molar-refractivity contribution in [2.24, 2.45) is 0 Å². The third kappa shape index (κ3) is 52.3. The van der Waals surface area contributed by atoms with E-state index < -0.39 is 89.5 Å². The number of carboxylic acid groups (broad SMARTS) is 10. The summed E-state index contributed by atoms with van der Waals surface area (Å²) in [5.41, 5.74) is 2.82. The molecule has 0 fully saturated rings. The fraction of sp³-hybridized carbons (Fsp3) is 0.269. The van der Waals surface area contributed by atoms with Gasteiger partial charge in [-0.05, 0) is 170 Å². The molecule has 0 atom stereocenters. The lowest BCUT2D eigenvalue weighted by Crippen LogP contribution is -2.13. The summed E-state index contributed by atoms with van der Waals surface area (Å²) in [5.74, 6) is -13.6. The first-order valence-corrected chi connectivity index (χ1v) is 33.7. The molecule has 0 amide bonds. The number of carbonyl (C=O) groups is 17. The van der Waals surface area contributed by atoms with E-state index in [2.05, 4.69) is 4.74 Å². The van der Waals surface area contributed by atoms with E-state index in [1.165, 1.54) is 86.0 Å². The summed E-state index contributed by atoms with van der Waals surface area (Å²) in [7, 11) is 1.33. The smallest absolute Gasteiger partial charge is 0.328 e. The monoisotopic (exact) mass is 1580 g/mol. The van der Waals surface area contributed by atoms with Gasteiger partial charge in [-0.2, -0.15) is 0 Å². The summed E-state index contributed by atoms with van der Waals surface area (Å²) >= 11 is 0. The number of carbonyl (C=O) groups excluding carboxylic acids is 7. The molecule has 0 saturated heterocycles. The lowest BCUT2D eigenvalue weighted by Gasteiger charge is -2.11. The number of aromatic hydroxyl groups is 1. The topological polar surface area (TPSA) is 577 Å². The van der Waals surface area contributed by atoms with Crippen molar-refractivity contribution in [3.63, 3.8) is 0 Å². The van der Waals surface area contributed by atoms with E-state index in [1.54, 1.807) is 60.7 Å². The maximum absolute atomic E-state index is 11.9. The Morgan fingerprint density at radius 2 is 0.469 bits per heavy atom. The van der Waals surface area contributed by atoms with Crippen LogP contribution in [0.15, 0.2) is 140 Å². The van der Waals surface area contributed by atoms with Gasteiger partial charge < -0.3 is 89.3 Å². The van der Waals surface area contributed by atoms with Crippen LogP contribution in [0.2, 0.25) is 0 Å². The molecular weight excluding hydrogens is 1500 g/mol. The van der Waals surface area contributed by atoms with Gasteiger partial charge in [0.1, 0.15) is 17.2 Å². The number of hydrogen-bond acceptors (Lipinski definition) is 25. The highest BCUT2D eigenvalue weighted by Crippen LogP contribution is 2.31. The minimum atomic E-state index is -1.19. The molecule has 113 heavy (non-hydrogen) atoms. The van der Waals surface area contributed by atoms with Gasteiger partial charge >= 0.3 is 101 Å². The normalized spacial score (nSPS) is 10.5. The van der Waals surface area contributed by atoms with Gasteiger partial charge in [-0.15, -0.1) is 0 Å². The number of carboxylic acids is 10. The highest BCUT2D eigenvalue weighted by molar-refractivity contribution is 5.89. The standard InChI is InChI=1S/C19H20O10.C16H18O6.C15H16O6.C14H14O7.C14H14O6/c20-15(21)3-1-5-18(26)28-13-9-7-12(8-10-17(24)25)11-14(13)29-19(27)6-2-4-16(22)23;1-21-15(19)4-2-3-5-16(20)22-13-9-6-12(7-10-13)8-11-14(17)18;16-13(17)3-1-2-4-15(20)21-12-8-5-11(6-9-12)7-10-14(18)19;15-10-8-9(5-7-13(18)19)4-6-11(10)21-14(20)3-1-2-12(16)17;15-12(16)2-1-3-14(19)20-11-7-4-10(5-8-11)6-9-13(17)18/h7-11H,1-6H2,(H,20,21)(H,22,23)(H,24,25);6-11H,2-5H2,1H3,(H,17,18);5-10H,1-4H2,(H,16,17)(H,18,19);4-8,15H,1-3H2,(H,16,17)(H,18,19);4-9H,1-3H2,(H,15,16)(H,17,18)/b10-8+;11-8+;10-7+;7-5+;9-6+. The van der Waals surface area contributed by atoms with Crippen molar-refractivity contribution in [2.45, 2.75) is 128 Å². The predicted octanol–water partition coefficient (Wildman–Crippen LogP) is 10.5. The fourth-order valence-corrected chi connectivity index (χ4v) is 8.09. The maximum Gasteiger partial charge on any atom is 0.328 e. The SMILES string of the molecule is COC(=O)CCCCC(=O)Oc1ccc(/C=C/C(=O)O)cc1.O=C(O)/C=C/c1ccc(OC(=O)CCCC(=O)O)c(O)c1.O=C(O)/C=C/c1ccc(OC(=O)CCCC(=O)O)c(OC(=O)CCCC(=O)O)c1.O=C(O)/C=C/c1ccc(OC(=O)CCCC(=O)O)cc1.O=C(O)/C=C/c1ccc(OC(=O)CCCCC(=O)O)cc1. The molecule has 0 aromatic heterocycles. The Balaban J connectivity index is 0.000000711. The molecule has 35 nitrogen and oxygen atoms in total. The number of ether oxygens (including phenoxy) is 7. The van der Waals surface area contributed by atoms with Crippen LogP contribution in [-0.2, 0) is 86.2 Å². The zero-order valence-electron chi connectivity index (χ0n) is 60.5. The Labute approximate surface area is 643 Å². The first-order chi connectivity index (χ1) is 53.5. The van der Waals surface area contributed by atoms with Gasteiger partial charge in [0.15, 0.2) is 23.0 Å². The van der Waals surface area contributed by atoms with Crippen LogP contribution >= 0.6 is 0 Å². The minimum Gasteiger partial charge on any atom is -0.504 e. The second kappa shape index (κ2) is 55.9. The van der Waals surface area contributed by atoms with Crippen LogP contribution in [0.5, 0.6) is 40.2 Å². The number of unbranched alkanes of at least 4 members (excludes halogenated alkanes) is 2. The summed E-state index contributed by atoms with van der Waals surface area (Å²) in [5, 5.41) is 94.8. The van der Waals surface area contributed by atoms with Gasteiger partial charge in [-0.1, -0.05) is 48.5 Å². The van der Waals surface area contributed by atoms with E-state index in [4.69, 9.17) is 79.5 Å². The third-order valence-corrected chi connectivity index (χ3v) is 13.4. The lowest BCUT2D eigenvalue weighted by atomic mass is 10.2. The molecule has 5 aromatic carbocycles. The Morgan fingerprint density at radius 3 is 0.752 bits per heavy atom. The van der Waals surface area contributed by atoms with Crippen LogP contribution < -0.4 is 28.4 Å². The van der Waals surface area contributed by atoms with E-state index in [9.17, 15) is 86.6 Å². The largest absolute Gasteiger partial charge is 0.504 e. The van der Waals surface area contributed by atoms with E-state index in [0.29, 0.717) is 70.7 Å². The molecular formula is C78H82O35. The molecule has 5 aromatic rings. The van der Waals surface area contributed by atoms with Crippen molar-refractivity contribution in [1.29, 1.82) is 0 Å². The number of phenols is 1. The number of hydrogen-bond donors (Lipinski definition) is 11. The van der Waals surface area contributed by atoms with Crippen LogP contribution in [0.1, 0.15) is 156 Å². The number of rotatable bonds is 42. The number of benzene rings is 5. The minimum absolute atomic E-state index is 0.0347. The number of esters is 7. The van der Waals surface area contributed by atoms with E-state index in [0.717, 1.165) is 30.4 Å². The average molecular weight is 1580 g/mol. The summed E-state index contributed by atoms with van der Waals surface area (Å²) in [6.45, 7) is 0. The molecule has 0 aliphatic rings. The summed E-state index contributed by atoms with van der Waals surface area (Å²) < 4.78 is 34.8. The van der Waals surface area contributed by atoms with Crippen LogP contribution in [-0.4, -0.2) is 165 Å². The molecule has 0 aliphatic carbocycles. The summed E-state index contributed by atoms with van der Waals surface area (Å²) in [6, 6.07) is 27.2. The maximum atomic E-state index is 11.9. The Kier molecular flexibility index (Phi) is 47.8. The molecule has 0 bridgehead atoms.